The summed E-state index contributed by atoms with van der Waals surface area (Å²) in [5.41, 5.74) is 1.74. The molecule has 3 N–H and O–H groups in total. The Kier molecular flexibility index (Phi) is 5.22. The third-order valence-electron chi connectivity index (χ3n) is 7.93. The lowest BCUT2D eigenvalue weighted by molar-refractivity contribution is -0.139. The second-order valence-corrected chi connectivity index (χ2v) is 9.85. The standard InChI is InChI=1S/C26H31N3O4/c1-25-11-10-17(26(15-25)28-21-7-5-4-6-19(21)23(30)29-26)13-20(25)24(31)27-14-16-12-18(32-2)8-9-22(16)33-3/h4-9,12,17,20,28H,10-11,13-15H2,1-3H3,(H,27,31)(H,29,30)/t17-,20+,25+,26+/m1/s1. The maximum absolute atomic E-state index is 13.4. The molecule has 7 nitrogen and oxygen atoms in total. The number of benzene rings is 2. The number of carbonyl (C=O) groups excluding carboxylic acids is 2. The van der Waals surface area contributed by atoms with E-state index in [4.69, 9.17) is 9.47 Å². The van der Waals surface area contributed by atoms with Crippen molar-refractivity contribution in [3.63, 3.8) is 0 Å². The van der Waals surface area contributed by atoms with Gasteiger partial charge in [-0.2, -0.15) is 0 Å². The molecule has 4 atom stereocenters. The molecule has 1 heterocycles. The minimum absolute atomic E-state index is 0.0355. The van der Waals surface area contributed by atoms with Gasteiger partial charge in [0.05, 0.1) is 19.8 Å². The Hall–Kier alpha value is -3.22. The molecule has 3 saturated carbocycles. The van der Waals surface area contributed by atoms with E-state index < -0.39 is 5.66 Å². The highest BCUT2D eigenvalue weighted by molar-refractivity contribution is 6.02. The Balaban J connectivity index is 1.33. The molecule has 2 aromatic rings. The predicted octanol–water partition coefficient (Wildman–Crippen LogP) is 3.70. The van der Waals surface area contributed by atoms with E-state index in [9.17, 15) is 9.59 Å². The highest BCUT2D eigenvalue weighted by atomic mass is 16.5. The van der Waals surface area contributed by atoms with Crippen LogP contribution in [-0.2, 0) is 11.3 Å². The number of anilines is 1. The van der Waals surface area contributed by atoms with Crippen LogP contribution < -0.4 is 25.4 Å². The third-order valence-corrected chi connectivity index (χ3v) is 7.93. The van der Waals surface area contributed by atoms with Crippen LogP contribution in [0, 0.1) is 17.3 Å². The number of hydrogen-bond acceptors (Lipinski definition) is 5. The summed E-state index contributed by atoms with van der Waals surface area (Å²) in [6.07, 6.45) is 3.43. The molecule has 3 fully saturated rings. The van der Waals surface area contributed by atoms with Crippen molar-refractivity contribution in [2.75, 3.05) is 19.5 Å². The van der Waals surface area contributed by atoms with E-state index >= 15 is 0 Å². The minimum Gasteiger partial charge on any atom is -0.497 e. The first-order valence-corrected chi connectivity index (χ1v) is 11.6. The summed E-state index contributed by atoms with van der Waals surface area (Å²) in [6.45, 7) is 2.57. The van der Waals surface area contributed by atoms with Crippen molar-refractivity contribution in [3.05, 3.63) is 53.6 Å². The Morgan fingerprint density at radius 3 is 2.73 bits per heavy atom. The van der Waals surface area contributed by atoms with Crippen LogP contribution in [0.5, 0.6) is 11.5 Å². The Labute approximate surface area is 194 Å². The predicted molar refractivity (Wildman–Crippen MR) is 125 cm³/mol. The normalized spacial score (nSPS) is 29.6. The van der Waals surface area contributed by atoms with Gasteiger partial charge in [0.2, 0.25) is 5.91 Å². The second kappa shape index (κ2) is 7.97. The van der Waals surface area contributed by atoms with Crippen molar-refractivity contribution in [1.29, 1.82) is 0 Å². The summed E-state index contributed by atoms with van der Waals surface area (Å²) >= 11 is 0. The summed E-state index contributed by atoms with van der Waals surface area (Å²) in [5.74, 6) is 1.56. The molecule has 6 rings (SSSR count). The number of ether oxygens (including phenoxy) is 2. The average Bonchev–Trinajstić information content (AvgIpc) is 2.82. The average molecular weight is 450 g/mol. The number of amides is 2. The van der Waals surface area contributed by atoms with E-state index in [0.29, 0.717) is 12.1 Å². The first kappa shape index (κ1) is 21.6. The van der Waals surface area contributed by atoms with Crippen LogP contribution in [0.4, 0.5) is 5.69 Å². The monoisotopic (exact) mass is 449 g/mol. The molecule has 2 bridgehead atoms. The van der Waals surface area contributed by atoms with Crippen LogP contribution in [0.1, 0.15) is 48.5 Å². The Morgan fingerprint density at radius 1 is 1.15 bits per heavy atom. The molecule has 0 radical (unpaired) electrons. The van der Waals surface area contributed by atoms with E-state index in [2.05, 4.69) is 22.9 Å². The third kappa shape index (κ3) is 3.59. The van der Waals surface area contributed by atoms with Gasteiger partial charge in [-0.1, -0.05) is 19.1 Å². The lowest BCUT2D eigenvalue weighted by Gasteiger charge is -2.60. The van der Waals surface area contributed by atoms with Crippen LogP contribution in [-0.4, -0.2) is 31.7 Å². The zero-order valence-corrected chi connectivity index (χ0v) is 19.4. The van der Waals surface area contributed by atoms with E-state index in [1.165, 1.54) is 0 Å². The molecule has 0 saturated heterocycles. The van der Waals surface area contributed by atoms with Gasteiger partial charge in [0.15, 0.2) is 0 Å². The molecule has 4 aliphatic rings. The van der Waals surface area contributed by atoms with Gasteiger partial charge in [-0.05, 0) is 61.4 Å². The summed E-state index contributed by atoms with van der Waals surface area (Å²) in [6, 6.07) is 13.2. The van der Waals surface area contributed by atoms with Crippen LogP contribution in [0.2, 0.25) is 0 Å². The fourth-order valence-electron chi connectivity index (χ4n) is 6.18. The molecule has 1 aliphatic heterocycles. The zero-order chi connectivity index (χ0) is 23.2. The molecule has 2 amide bonds. The molecular weight excluding hydrogens is 418 g/mol. The van der Waals surface area contributed by atoms with E-state index in [0.717, 1.165) is 48.4 Å². The van der Waals surface area contributed by atoms with Gasteiger partial charge >= 0.3 is 0 Å². The zero-order valence-electron chi connectivity index (χ0n) is 19.4. The van der Waals surface area contributed by atoms with Crippen LogP contribution >= 0.6 is 0 Å². The maximum atomic E-state index is 13.4. The summed E-state index contributed by atoms with van der Waals surface area (Å²) in [4.78, 5) is 26.2. The quantitative estimate of drug-likeness (QED) is 0.648. The SMILES string of the molecule is COc1ccc(OC)c(CNC(=O)[C@@H]2C[C@H]3CC[C@@]2(C)C[C@]32NC(=O)c3ccccc3N2)c1. The van der Waals surface area contributed by atoms with E-state index in [1.54, 1.807) is 14.2 Å². The minimum atomic E-state index is -0.495. The van der Waals surface area contributed by atoms with E-state index in [1.807, 2.05) is 42.5 Å². The van der Waals surface area contributed by atoms with Gasteiger partial charge in [0.1, 0.15) is 17.2 Å². The van der Waals surface area contributed by atoms with Gasteiger partial charge in [0.25, 0.3) is 5.91 Å². The summed E-state index contributed by atoms with van der Waals surface area (Å²) in [5, 5.41) is 10.1. The van der Waals surface area contributed by atoms with Gasteiger partial charge in [0, 0.05) is 29.6 Å². The highest BCUT2D eigenvalue weighted by Gasteiger charge is 2.60. The maximum Gasteiger partial charge on any atom is 0.255 e. The van der Waals surface area contributed by atoms with Crippen molar-refractivity contribution in [3.8, 4) is 11.5 Å². The van der Waals surface area contributed by atoms with Crippen molar-refractivity contribution in [2.24, 2.45) is 17.3 Å². The van der Waals surface area contributed by atoms with Crippen molar-refractivity contribution < 1.29 is 19.1 Å². The van der Waals surface area contributed by atoms with Crippen LogP contribution in [0.3, 0.4) is 0 Å². The van der Waals surface area contributed by atoms with Gasteiger partial charge < -0.3 is 25.4 Å². The van der Waals surface area contributed by atoms with Crippen molar-refractivity contribution in [2.45, 2.75) is 44.8 Å². The molecule has 33 heavy (non-hydrogen) atoms. The number of methoxy groups -OCH3 is 2. The highest BCUT2D eigenvalue weighted by Crippen LogP contribution is 2.58. The van der Waals surface area contributed by atoms with Crippen molar-refractivity contribution in [1.82, 2.24) is 10.6 Å². The molecular formula is C26H31N3O4. The number of rotatable bonds is 5. The summed E-state index contributed by atoms with van der Waals surface area (Å²) < 4.78 is 10.8. The number of fused-ring (bicyclic) bond motifs is 3. The number of nitrogens with one attached hydrogen (secondary N) is 3. The Bertz CT molecular complexity index is 1100. The van der Waals surface area contributed by atoms with Crippen molar-refractivity contribution >= 4 is 17.5 Å². The summed E-state index contributed by atoms with van der Waals surface area (Å²) in [7, 11) is 3.24. The largest absolute Gasteiger partial charge is 0.497 e. The van der Waals surface area contributed by atoms with E-state index in [-0.39, 0.29) is 29.1 Å². The molecule has 2 aromatic carbocycles. The topological polar surface area (TPSA) is 88.7 Å². The first-order valence-electron chi connectivity index (χ1n) is 11.6. The first-order chi connectivity index (χ1) is 15.9. The molecule has 0 unspecified atom stereocenters. The number of para-hydroxylation sites is 1. The van der Waals surface area contributed by atoms with Gasteiger partial charge in [-0.3, -0.25) is 9.59 Å². The number of carbonyl (C=O) groups is 2. The smallest absolute Gasteiger partial charge is 0.255 e. The Morgan fingerprint density at radius 2 is 1.97 bits per heavy atom. The molecule has 1 spiro atoms. The molecule has 0 aromatic heterocycles. The van der Waals surface area contributed by atoms with Gasteiger partial charge in [-0.15, -0.1) is 0 Å². The molecule has 7 heteroatoms. The lowest BCUT2D eigenvalue weighted by atomic mass is 9.51. The molecule has 174 valence electrons. The van der Waals surface area contributed by atoms with Crippen LogP contribution in [0.15, 0.2) is 42.5 Å². The lowest BCUT2D eigenvalue weighted by Crippen LogP contribution is -2.70. The second-order valence-electron chi connectivity index (χ2n) is 9.85. The fraction of sp³-hybridized carbons (Fsp3) is 0.462. The van der Waals surface area contributed by atoms with Gasteiger partial charge in [-0.25, -0.2) is 0 Å². The fourth-order valence-corrected chi connectivity index (χ4v) is 6.18. The number of hydrogen-bond donors (Lipinski definition) is 3. The van der Waals surface area contributed by atoms with Crippen LogP contribution in [0.25, 0.3) is 0 Å². The molecule has 3 aliphatic carbocycles.